The molecule has 0 aliphatic carbocycles. The maximum Gasteiger partial charge on any atom is 0.244 e. The summed E-state index contributed by atoms with van der Waals surface area (Å²) in [6.45, 7) is 6.78. The van der Waals surface area contributed by atoms with E-state index in [-0.39, 0.29) is 24.6 Å². The van der Waals surface area contributed by atoms with Gasteiger partial charge in [-0.05, 0) is 68.7 Å². The SMILES string of the molecule is Cc1ccc(N(CC(=O)N(Cc2ccc(Cl)c(Cl)c2)C(Cc2ccccc2)C(=O)NC(C)(C)C)S(C)(=O)=O)cc1Cl. The first-order chi connectivity index (χ1) is 19.0. The number of hydrogen-bond acceptors (Lipinski definition) is 4. The fourth-order valence-corrected chi connectivity index (χ4v) is 5.53. The van der Waals surface area contributed by atoms with Gasteiger partial charge in [0.05, 0.1) is 22.0 Å². The molecule has 0 aliphatic rings. The smallest absolute Gasteiger partial charge is 0.244 e. The number of sulfonamides is 1. The Kier molecular flexibility index (Phi) is 10.7. The van der Waals surface area contributed by atoms with Gasteiger partial charge in [-0.25, -0.2) is 8.42 Å². The highest BCUT2D eigenvalue weighted by Crippen LogP contribution is 2.27. The number of carbonyl (C=O) groups is 2. The largest absolute Gasteiger partial charge is 0.350 e. The molecule has 220 valence electrons. The molecule has 0 aliphatic heterocycles. The molecule has 1 unspecified atom stereocenters. The molecule has 11 heteroatoms. The molecule has 41 heavy (non-hydrogen) atoms. The predicted octanol–water partition coefficient (Wildman–Crippen LogP) is 6.28. The molecule has 3 aromatic rings. The fraction of sp³-hybridized carbons (Fsp3) is 0.333. The van der Waals surface area contributed by atoms with Gasteiger partial charge in [-0.3, -0.25) is 13.9 Å². The summed E-state index contributed by atoms with van der Waals surface area (Å²) in [5, 5.41) is 3.98. The van der Waals surface area contributed by atoms with Crippen molar-refractivity contribution >= 4 is 62.3 Å². The van der Waals surface area contributed by atoms with E-state index in [1.807, 2.05) is 51.1 Å². The summed E-state index contributed by atoms with van der Waals surface area (Å²) < 4.78 is 26.8. The summed E-state index contributed by atoms with van der Waals surface area (Å²) in [7, 11) is -3.91. The first-order valence-electron chi connectivity index (χ1n) is 12.9. The molecule has 1 N–H and O–H groups in total. The molecule has 0 radical (unpaired) electrons. The molecule has 2 amide bonds. The Bertz CT molecular complexity index is 1510. The van der Waals surface area contributed by atoms with Gasteiger partial charge in [-0.2, -0.15) is 0 Å². The Morgan fingerprint density at radius 1 is 0.878 bits per heavy atom. The van der Waals surface area contributed by atoms with Crippen molar-refractivity contribution in [2.45, 2.75) is 52.2 Å². The van der Waals surface area contributed by atoms with Gasteiger partial charge in [-0.1, -0.05) is 77.3 Å². The number of benzene rings is 3. The number of carbonyl (C=O) groups excluding carboxylic acids is 2. The summed E-state index contributed by atoms with van der Waals surface area (Å²) in [5.41, 5.74) is 1.88. The molecular weight excluding hydrogens is 605 g/mol. The van der Waals surface area contributed by atoms with Gasteiger partial charge in [0.2, 0.25) is 21.8 Å². The van der Waals surface area contributed by atoms with Crippen molar-refractivity contribution in [3.8, 4) is 0 Å². The molecule has 0 aromatic heterocycles. The monoisotopic (exact) mass is 637 g/mol. The molecule has 0 fully saturated rings. The molecule has 0 bridgehead atoms. The Labute approximate surface area is 257 Å². The van der Waals surface area contributed by atoms with Crippen LogP contribution < -0.4 is 9.62 Å². The highest BCUT2D eigenvalue weighted by atomic mass is 35.5. The van der Waals surface area contributed by atoms with Gasteiger partial charge in [0, 0.05) is 23.5 Å². The maximum absolute atomic E-state index is 14.1. The number of hydrogen-bond donors (Lipinski definition) is 1. The van der Waals surface area contributed by atoms with E-state index in [1.54, 1.807) is 37.3 Å². The molecule has 0 heterocycles. The van der Waals surface area contributed by atoms with E-state index in [2.05, 4.69) is 5.32 Å². The molecule has 0 saturated carbocycles. The van der Waals surface area contributed by atoms with E-state index >= 15 is 0 Å². The van der Waals surface area contributed by atoms with Gasteiger partial charge in [-0.15, -0.1) is 0 Å². The second-order valence-electron chi connectivity index (χ2n) is 10.9. The van der Waals surface area contributed by atoms with Crippen LogP contribution in [0.4, 0.5) is 5.69 Å². The number of halogens is 3. The third-order valence-electron chi connectivity index (χ3n) is 6.23. The second kappa shape index (κ2) is 13.5. The topological polar surface area (TPSA) is 86.8 Å². The molecule has 7 nitrogen and oxygen atoms in total. The molecular formula is C30H34Cl3N3O4S. The van der Waals surface area contributed by atoms with Crippen LogP contribution in [0.3, 0.4) is 0 Å². The van der Waals surface area contributed by atoms with Crippen molar-refractivity contribution < 1.29 is 18.0 Å². The quantitative estimate of drug-likeness (QED) is 0.283. The summed E-state index contributed by atoms with van der Waals surface area (Å²) in [6, 6.07) is 18.1. The van der Waals surface area contributed by atoms with Crippen LogP contribution in [0.25, 0.3) is 0 Å². The Morgan fingerprint density at radius 2 is 1.54 bits per heavy atom. The molecule has 3 rings (SSSR count). The third kappa shape index (κ3) is 9.36. The molecule has 3 aromatic carbocycles. The Morgan fingerprint density at radius 3 is 2.10 bits per heavy atom. The summed E-state index contributed by atoms with van der Waals surface area (Å²) in [5.74, 6) is -0.956. The zero-order valence-electron chi connectivity index (χ0n) is 23.6. The van der Waals surface area contributed by atoms with Crippen molar-refractivity contribution in [1.29, 1.82) is 0 Å². The maximum atomic E-state index is 14.1. The van der Waals surface area contributed by atoms with Crippen LogP contribution in [-0.4, -0.2) is 49.5 Å². The second-order valence-corrected chi connectivity index (χ2v) is 14.0. The summed E-state index contributed by atoms with van der Waals surface area (Å²) in [6.07, 6.45) is 1.22. The fourth-order valence-electron chi connectivity index (χ4n) is 4.19. The van der Waals surface area contributed by atoms with Gasteiger partial charge in [0.25, 0.3) is 0 Å². The van der Waals surface area contributed by atoms with Crippen molar-refractivity contribution in [1.82, 2.24) is 10.2 Å². The van der Waals surface area contributed by atoms with Gasteiger partial charge in [0.15, 0.2) is 0 Å². The highest BCUT2D eigenvalue weighted by Gasteiger charge is 2.34. The lowest BCUT2D eigenvalue weighted by Crippen LogP contribution is -2.56. The standard InChI is InChI=1S/C30H34Cl3N3O4S/c1-20-11-13-23(17-25(20)32)36(41(5,39)40)19-28(37)35(18-22-12-14-24(31)26(33)15-22)27(29(38)34-30(2,3)4)16-21-9-7-6-8-10-21/h6-15,17,27H,16,18-19H2,1-5H3,(H,34,38). The van der Waals surface area contributed by atoms with E-state index in [9.17, 15) is 18.0 Å². The first kappa shape index (κ1) is 32.7. The van der Waals surface area contributed by atoms with Crippen LogP contribution in [0.15, 0.2) is 66.7 Å². The van der Waals surface area contributed by atoms with Crippen LogP contribution in [0.2, 0.25) is 15.1 Å². The van der Waals surface area contributed by atoms with Gasteiger partial charge < -0.3 is 10.2 Å². The minimum Gasteiger partial charge on any atom is -0.350 e. The number of anilines is 1. The Balaban J connectivity index is 2.10. The highest BCUT2D eigenvalue weighted by molar-refractivity contribution is 7.92. The minimum atomic E-state index is -3.91. The lowest BCUT2D eigenvalue weighted by Gasteiger charge is -2.35. The third-order valence-corrected chi connectivity index (χ3v) is 8.52. The van der Waals surface area contributed by atoms with Crippen LogP contribution in [0.5, 0.6) is 0 Å². The first-order valence-corrected chi connectivity index (χ1v) is 15.9. The van der Waals surface area contributed by atoms with E-state index in [0.29, 0.717) is 20.6 Å². The lowest BCUT2D eigenvalue weighted by molar-refractivity contribution is -0.140. The zero-order chi connectivity index (χ0) is 30.5. The van der Waals surface area contributed by atoms with Crippen LogP contribution >= 0.6 is 34.8 Å². The number of amides is 2. The zero-order valence-corrected chi connectivity index (χ0v) is 26.7. The summed E-state index contributed by atoms with van der Waals surface area (Å²) >= 11 is 18.7. The van der Waals surface area contributed by atoms with Crippen LogP contribution in [0.1, 0.15) is 37.5 Å². The average molecular weight is 639 g/mol. The van der Waals surface area contributed by atoms with E-state index in [0.717, 1.165) is 21.7 Å². The van der Waals surface area contributed by atoms with Crippen LogP contribution in [0, 0.1) is 6.92 Å². The normalized spacial score (nSPS) is 12.5. The van der Waals surface area contributed by atoms with Crippen molar-refractivity contribution in [3.63, 3.8) is 0 Å². The molecule has 0 spiro atoms. The van der Waals surface area contributed by atoms with Crippen molar-refractivity contribution in [2.24, 2.45) is 0 Å². The van der Waals surface area contributed by atoms with Crippen LogP contribution in [-0.2, 0) is 32.6 Å². The number of aryl methyl sites for hydroxylation is 1. The lowest BCUT2D eigenvalue weighted by atomic mass is 10.0. The van der Waals surface area contributed by atoms with E-state index in [1.165, 1.54) is 11.0 Å². The number of nitrogens with zero attached hydrogens (tertiary/aromatic N) is 2. The predicted molar refractivity (Wildman–Crippen MR) is 167 cm³/mol. The Hall–Kier alpha value is -2.78. The van der Waals surface area contributed by atoms with Crippen molar-refractivity contribution in [2.75, 3.05) is 17.1 Å². The van der Waals surface area contributed by atoms with E-state index < -0.39 is 34.1 Å². The van der Waals surface area contributed by atoms with E-state index in [4.69, 9.17) is 34.8 Å². The number of rotatable bonds is 10. The minimum absolute atomic E-state index is 0.0168. The average Bonchev–Trinajstić information content (AvgIpc) is 2.87. The molecule has 0 saturated heterocycles. The summed E-state index contributed by atoms with van der Waals surface area (Å²) in [4.78, 5) is 29.3. The van der Waals surface area contributed by atoms with Crippen molar-refractivity contribution in [3.05, 3.63) is 98.5 Å². The molecule has 1 atom stereocenters. The van der Waals surface area contributed by atoms with Gasteiger partial charge in [0.1, 0.15) is 12.6 Å². The van der Waals surface area contributed by atoms with Gasteiger partial charge >= 0.3 is 0 Å². The number of nitrogens with one attached hydrogen (secondary N) is 1.